The summed E-state index contributed by atoms with van der Waals surface area (Å²) in [6.45, 7) is 4.19. The zero-order valence-corrected chi connectivity index (χ0v) is 13.1. The van der Waals surface area contributed by atoms with E-state index >= 15 is 0 Å². The van der Waals surface area contributed by atoms with E-state index < -0.39 is 0 Å². The van der Waals surface area contributed by atoms with E-state index in [4.69, 9.17) is 10.5 Å². The Hall–Kier alpha value is -1.80. The predicted octanol–water partition coefficient (Wildman–Crippen LogP) is 3.85. The number of nitrogens with two attached hydrogens (primary N) is 1. The van der Waals surface area contributed by atoms with Gasteiger partial charge in [-0.25, -0.2) is 0 Å². The summed E-state index contributed by atoms with van der Waals surface area (Å²) in [5.41, 5.74) is 14.1. The molecule has 0 radical (unpaired) electrons. The molecule has 0 spiro atoms. The lowest BCUT2D eigenvalue weighted by Gasteiger charge is -2.19. The molecule has 2 nitrogen and oxygen atoms in total. The van der Waals surface area contributed by atoms with Gasteiger partial charge in [0.15, 0.2) is 0 Å². The molecule has 2 N–H and O–H groups in total. The van der Waals surface area contributed by atoms with Crippen LogP contribution in [0.1, 0.15) is 45.8 Å². The Morgan fingerprint density at radius 2 is 1.81 bits per heavy atom. The Morgan fingerprint density at radius 3 is 2.57 bits per heavy atom. The first-order valence-corrected chi connectivity index (χ1v) is 7.63. The number of methoxy groups -OCH3 is 1. The molecular weight excluding hydrogens is 258 g/mol. The highest BCUT2D eigenvalue weighted by Crippen LogP contribution is 2.34. The Kier molecular flexibility index (Phi) is 3.73. The van der Waals surface area contributed by atoms with Crippen molar-refractivity contribution in [2.45, 2.75) is 39.2 Å². The van der Waals surface area contributed by atoms with Crippen LogP contribution in [-0.2, 0) is 12.8 Å². The topological polar surface area (TPSA) is 35.2 Å². The van der Waals surface area contributed by atoms with Crippen molar-refractivity contribution < 1.29 is 4.74 Å². The second kappa shape index (κ2) is 5.53. The number of rotatable bonds is 3. The third-order valence-corrected chi connectivity index (χ3v) is 4.73. The maximum atomic E-state index is 6.53. The molecule has 0 bridgehead atoms. The molecule has 0 saturated carbocycles. The van der Waals surface area contributed by atoms with Gasteiger partial charge in [0.25, 0.3) is 0 Å². The molecule has 1 unspecified atom stereocenters. The van der Waals surface area contributed by atoms with Crippen molar-refractivity contribution in [1.29, 1.82) is 0 Å². The summed E-state index contributed by atoms with van der Waals surface area (Å²) in [5.74, 6) is 0.919. The molecule has 1 atom stereocenters. The van der Waals surface area contributed by atoms with Crippen molar-refractivity contribution in [3.05, 3.63) is 63.7 Å². The summed E-state index contributed by atoms with van der Waals surface area (Å²) in [4.78, 5) is 0. The van der Waals surface area contributed by atoms with Gasteiger partial charge in [-0.3, -0.25) is 0 Å². The molecule has 0 saturated heterocycles. The lowest BCUT2D eigenvalue weighted by Crippen LogP contribution is -2.14. The molecule has 0 aliphatic heterocycles. The van der Waals surface area contributed by atoms with Crippen molar-refractivity contribution in [2.75, 3.05) is 7.11 Å². The van der Waals surface area contributed by atoms with Crippen LogP contribution < -0.4 is 10.5 Å². The van der Waals surface area contributed by atoms with E-state index in [-0.39, 0.29) is 6.04 Å². The van der Waals surface area contributed by atoms with Crippen molar-refractivity contribution in [3.63, 3.8) is 0 Å². The van der Waals surface area contributed by atoms with Crippen molar-refractivity contribution >= 4 is 0 Å². The minimum Gasteiger partial charge on any atom is -0.496 e. The SMILES string of the molecule is COc1c(C(N)c2ccc3c(c2)CCC3)ccc(C)c1C. The third-order valence-electron chi connectivity index (χ3n) is 4.73. The molecule has 2 aromatic rings. The second-order valence-electron chi connectivity index (χ2n) is 5.99. The van der Waals surface area contributed by atoms with Crippen LogP contribution in [0, 0.1) is 13.8 Å². The fourth-order valence-electron chi connectivity index (χ4n) is 3.29. The predicted molar refractivity (Wildman–Crippen MR) is 87.0 cm³/mol. The van der Waals surface area contributed by atoms with E-state index in [1.165, 1.54) is 47.1 Å². The van der Waals surface area contributed by atoms with Crippen molar-refractivity contribution in [2.24, 2.45) is 5.73 Å². The van der Waals surface area contributed by atoms with Crippen LogP contribution in [0.15, 0.2) is 30.3 Å². The fraction of sp³-hybridized carbons (Fsp3) is 0.368. The molecule has 0 heterocycles. The van der Waals surface area contributed by atoms with Gasteiger partial charge in [0.1, 0.15) is 5.75 Å². The van der Waals surface area contributed by atoms with Gasteiger partial charge in [0, 0.05) is 5.56 Å². The van der Waals surface area contributed by atoms with Crippen LogP contribution in [-0.4, -0.2) is 7.11 Å². The summed E-state index contributed by atoms with van der Waals surface area (Å²) in [7, 11) is 1.72. The van der Waals surface area contributed by atoms with Crippen LogP contribution in [0.2, 0.25) is 0 Å². The average molecular weight is 281 g/mol. The van der Waals surface area contributed by atoms with E-state index in [1.807, 2.05) is 0 Å². The number of aryl methyl sites for hydroxylation is 3. The van der Waals surface area contributed by atoms with E-state index in [2.05, 4.69) is 44.2 Å². The van der Waals surface area contributed by atoms with Crippen LogP contribution in [0.3, 0.4) is 0 Å². The Bertz CT molecular complexity index is 676. The first kappa shape index (κ1) is 14.2. The molecule has 2 aromatic carbocycles. The third kappa shape index (κ3) is 2.44. The van der Waals surface area contributed by atoms with Crippen molar-refractivity contribution in [3.8, 4) is 5.75 Å². The number of benzene rings is 2. The van der Waals surface area contributed by atoms with Gasteiger partial charge in [-0.2, -0.15) is 0 Å². The van der Waals surface area contributed by atoms with Gasteiger partial charge in [-0.05, 0) is 60.9 Å². The molecule has 1 aliphatic rings. The van der Waals surface area contributed by atoms with Crippen LogP contribution in [0.4, 0.5) is 0 Å². The lowest BCUT2D eigenvalue weighted by atomic mass is 9.93. The summed E-state index contributed by atoms with van der Waals surface area (Å²) >= 11 is 0. The number of hydrogen-bond acceptors (Lipinski definition) is 2. The molecule has 0 fully saturated rings. The molecule has 3 rings (SSSR count). The highest BCUT2D eigenvalue weighted by molar-refractivity contribution is 5.50. The Labute approximate surface area is 126 Å². The highest BCUT2D eigenvalue weighted by Gasteiger charge is 2.19. The van der Waals surface area contributed by atoms with E-state index in [1.54, 1.807) is 7.11 Å². The minimum atomic E-state index is -0.134. The lowest BCUT2D eigenvalue weighted by molar-refractivity contribution is 0.404. The molecular formula is C19H23NO. The first-order valence-electron chi connectivity index (χ1n) is 7.63. The molecule has 2 heteroatoms. The van der Waals surface area contributed by atoms with Gasteiger partial charge in [-0.15, -0.1) is 0 Å². The van der Waals surface area contributed by atoms with Gasteiger partial charge in [0.05, 0.1) is 13.2 Å². The largest absolute Gasteiger partial charge is 0.496 e. The minimum absolute atomic E-state index is 0.134. The summed E-state index contributed by atoms with van der Waals surface area (Å²) < 4.78 is 5.61. The van der Waals surface area contributed by atoms with Crippen LogP contribution in [0.25, 0.3) is 0 Å². The zero-order chi connectivity index (χ0) is 15.0. The van der Waals surface area contributed by atoms with Gasteiger partial charge in [0.2, 0.25) is 0 Å². The Morgan fingerprint density at radius 1 is 1.05 bits per heavy atom. The summed E-state index contributed by atoms with van der Waals surface area (Å²) in [5, 5.41) is 0. The first-order chi connectivity index (χ1) is 10.1. The highest BCUT2D eigenvalue weighted by atomic mass is 16.5. The number of hydrogen-bond donors (Lipinski definition) is 1. The van der Waals surface area contributed by atoms with Crippen molar-refractivity contribution in [1.82, 2.24) is 0 Å². The smallest absolute Gasteiger partial charge is 0.127 e. The van der Waals surface area contributed by atoms with Gasteiger partial charge < -0.3 is 10.5 Å². The van der Waals surface area contributed by atoms with Gasteiger partial charge in [-0.1, -0.05) is 30.3 Å². The Balaban J connectivity index is 2.02. The average Bonchev–Trinajstić information content (AvgIpc) is 2.96. The second-order valence-corrected chi connectivity index (χ2v) is 5.99. The monoisotopic (exact) mass is 281 g/mol. The fourth-order valence-corrected chi connectivity index (χ4v) is 3.29. The summed E-state index contributed by atoms with van der Waals surface area (Å²) in [6.07, 6.45) is 3.65. The maximum Gasteiger partial charge on any atom is 0.127 e. The van der Waals surface area contributed by atoms with Gasteiger partial charge >= 0.3 is 0 Å². The summed E-state index contributed by atoms with van der Waals surface area (Å²) in [6, 6.07) is 10.8. The van der Waals surface area contributed by atoms with Crippen LogP contribution >= 0.6 is 0 Å². The molecule has 110 valence electrons. The van der Waals surface area contributed by atoms with E-state index in [0.717, 1.165) is 11.3 Å². The van der Waals surface area contributed by atoms with E-state index in [0.29, 0.717) is 0 Å². The molecule has 0 amide bonds. The quantitative estimate of drug-likeness (QED) is 0.927. The normalized spacial score (nSPS) is 14.9. The standard InChI is InChI=1S/C19H23NO/c1-12-7-10-17(19(21-3)13(12)2)18(20)16-9-8-14-5-4-6-15(14)11-16/h7-11,18H,4-6,20H2,1-3H3. The zero-order valence-electron chi connectivity index (χ0n) is 13.1. The molecule has 21 heavy (non-hydrogen) atoms. The maximum absolute atomic E-state index is 6.53. The van der Waals surface area contributed by atoms with Crippen LogP contribution in [0.5, 0.6) is 5.75 Å². The number of ether oxygens (including phenoxy) is 1. The number of fused-ring (bicyclic) bond motifs is 1. The van der Waals surface area contributed by atoms with E-state index in [9.17, 15) is 0 Å². The molecule has 1 aliphatic carbocycles. The molecule has 0 aromatic heterocycles.